The molecule has 1 unspecified atom stereocenters. The molecule has 1 N–H and O–H groups in total. The quantitative estimate of drug-likeness (QED) is 0.680. The van der Waals surface area contributed by atoms with Gasteiger partial charge in [0, 0.05) is 35.4 Å². The number of fused-ring (bicyclic) bond motifs is 1. The monoisotopic (exact) mass is 422 g/mol. The minimum Gasteiger partial charge on any atom is -0.369 e. The molecule has 0 saturated carbocycles. The van der Waals surface area contributed by atoms with E-state index in [1.165, 1.54) is 0 Å². The fourth-order valence-corrected chi connectivity index (χ4v) is 5.74. The maximum atomic E-state index is 13.2. The molecule has 3 aromatic rings. The van der Waals surface area contributed by atoms with E-state index in [0.29, 0.717) is 38.4 Å². The standard InChI is InChI=1S/C18H16Cl2N4O2S/c1-24-18-15(16(23-24)14-4-2-3-7-21-14)17(27(25,26)9-8-22-18)12-6-5-11(19)10-13(12)20/h2-7,10,17,22H,8-9H2,1H3. The van der Waals surface area contributed by atoms with Gasteiger partial charge in [-0.2, -0.15) is 5.10 Å². The number of nitrogens with zero attached hydrogens (tertiary/aromatic N) is 3. The average Bonchev–Trinajstić information content (AvgIpc) is 2.86. The Morgan fingerprint density at radius 1 is 1.22 bits per heavy atom. The zero-order valence-corrected chi connectivity index (χ0v) is 16.7. The van der Waals surface area contributed by atoms with Crippen LogP contribution in [0.5, 0.6) is 0 Å². The minimum absolute atomic E-state index is 0.0209. The molecule has 27 heavy (non-hydrogen) atoms. The molecular formula is C18H16Cl2N4O2S. The van der Waals surface area contributed by atoms with E-state index in [0.717, 1.165) is 0 Å². The first-order chi connectivity index (χ1) is 12.9. The van der Waals surface area contributed by atoms with Crippen LogP contribution in [0.2, 0.25) is 10.0 Å². The number of hydrogen-bond donors (Lipinski definition) is 1. The van der Waals surface area contributed by atoms with Crippen LogP contribution in [0.3, 0.4) is 0 Å². The van der Waals surface area contributed by atoms with E-state index in [4.69, 9.17) is 23.2 Å². The van der Waals surface area contributed by atoms with Crippen LogP contribution in [0.4, 0.5) is 5.82 Å². The lowest BCUT2D eigenvalue weighted by atomic mass is 10.0. The lowest BCUT2D eigenvalue weighted by Gasteiger charge is -2.18. The molecule has 4 rings (SSSR count). The Morgan fingerprint density at radius 2 is 2.04 bits per heavy atom. The smallest absolute Gasteiger partial charge is 0.163 e. The maximum absolute atomic E-state index is 13.2. The Kier molecular flexibility index (Phi) is 4.61. The zero-order valence-electron chi connectivity index (χ0n) is 14.4. The fraction of sp³-hybridized carbons (Fsp3) is 0.222. The molecule has 140 valence electrons. The lowest BCUT2D eigenvalue weighted by molar-refractivity contribution is 0.590. The van der Waals surface area contributed by atoms with Gasteiger partial charge in [0.25, 0.3) is 0 Å². The van der Waals surface area contributed by atoms with E-state index >= 15 is 0 Å². The number of pyridine rings is 1. The van der Waals surface area contributed by atoms with E-state index in [2.05, 4.69) is 15.4 Å². The van der Waals surface area contributed by atoms with Gasteiger partial charge in [-0.25, -0.2) is 8.42 Å². The highest BCUT2D eigenvalue weighted by Crippen LogP contribution is 2.44. The van der Waals surface area contributed by atoms with Gasteiger partial charge in [0.2, 0.25) is 0 Å². The first-order valence-corrected chi connectivity index (χ1v) is 10.7. The molecule has 1 atom stereocenters. The van der Waals surface area contributed by atoms with Gasteiger partial charge in [-0.05, 0) is 29.8 Å². The SMILES string of the molecule is Cn1nc(-c2ccccn2)c2c1NCCS(=O)(=O)C2c1ccc(Cl)cc1Cl. The summed E-state index contributed by atoms with van der Waals surface area (Å²) in [6.45, 7) is 0.290. The molecule has 0 radical (unpaired) electrons. The molecule has 0 bridgehead atoms. The molecule has 2 aromatic heterocycles. The molecule has 1 aliphatic rings. The topological polar surface area (TPSA) is 76.9 Å². The van der Waals surface area contributed by atoms with E-state index < -0.39 is 15.1 Å². The van der Waals surface area contributed by atoms with Crippen molar-refractivity contribution in [3.8, 4) is 11.4 Å². The summed E-state index contributed by atoms with van der Waals surface area (Å²) in [7, 11) is -1.78. The van der Waals surface area contributed by atoms with Crippen molar-refractivity contribution in [2.75, 3.05) is 17.6 Å². The van der Waals surface area contributed by atoms with E-state index in [-0.39, 0.29) is 12.3 Å². The number of hydrogen-bond acceptors (Lipinski definition) is 5. The molecule has 1 aromatic carbocycles. The van der Waals surface area contributed by atoms with Crippen molar-refractivity contribution in [2.45, 2.75) is 5.25 Å². The number of aromatic nitrogens is 3. The summed E-state index contributed by atoms with van der Waals surface area (Å²) in [5, 5.41) is 7.54. The maximum Gasteiger partial charge on any atom is 0.163 e. The number of benzene rings is 1. The summed E-state index contributed by atoms with van der Waals surface area (Å²) in [6.07, 6.45) is 1.65. The van der Waals surface area contributed by atoms with Gasteiger partial charge in [-0.1, -0.05) is 35.3 Å². The van der Waals surface area contributed by atoms with E-state index in [1.807, 2.05) is 6.07 Å². The van der Waals surface area contributed by atoms with Crippen molar-refractivity contribution >= 4 is 38.9 Å². The minimum atomic E-state index is -3.55. The third-order valence-corrected chi connectivity index (χ3v) is 7.08. The summed E-state index contributed by atoms with van der Waals surface area (Å²) in [5.41, 5.74) is 2.15. The van der Waals surface area contributed by atoms with Crippen molar-refractivity contribution < 1.29 is 8.42 Å². The Morgan fingerprint density at radius 3 is 2.74 bits per heavy atom. The third kappa shape index (κ3) is 3.20. The summed E-state index contributed by atoms with van der Waals surface area (Å²) in [5.74, 6) is 0.625. The van der Waals surface area contributed by atoms with Gasteiger partial charge in [-0.15, -0.1) is 0 Å². The van der Waals surface area contributed by atoms with Crippen molar-refractivity contribution in [1.29, 1.82) is 0 Å². The second-order valence-corrected chi connectivity index (χ2v) is 9.34. The van der Waals surface area contributed by atoms with Crippen LogP contribution in [0.25, 0.3) is 11.4 Å². The van der Waals surface area contributed by atoms with Crippen LogP contribution in [-0.2, 0) is 16.9 Å². The molecule has 0 spiro atoms. The molecule has 1 aliphatic heterocycles. The van der Waals surface area contributed by atoms with Gasteiger partial charge in [-0.3, -0.25) is 9.67 Å². The average molecular weight is 423 g/mol. The third-order valence-electron chi connectivity index (χ3n) is 4.54. The van der Waals surface area contributed by atoms with Crippen LogP contribution in [-0.4, -0.2) is 35.5 Å². The van der Waals surface area contributed by atoms with Crippen LogP contribution >= 0.6 is 23.2 Å². The van der Waals surface area contributed by atoms with Crippen LogP contribution < -0.4 is 5.32 Å². The van der Waals surface area contributed by atoms with E-state index in [9.17, 15) is 8.42 Å². The lowest BCUT2D eigenvalue weighted by Crippen LogP contribution is -2.19. The second kappa shape index (κ2) is 6.82. The Bertz CT molecular complexity index is 1110. The highest BCUT2D eigenvalue weighted by atomic mass is 35.5. The number of anilines is 1. The Hall–Kier alpha value is -2.09. The van der Waals surface area contributed by atoms with Crippen molar-refractivity contribution in [2.24, 2.45) is 7.05 Å². The molecule has 0 saturated heterocycles. The Labute approximate surface area is 167 Å². The predicted octanol–water partition coefficient (Wildman–Crippen LogP) is 3.72. The van der Waals surface area contributed by atoms with Crippen molar-refractivity contribution in [3.63, 3.8) is 0 Å². The normalized spacial score (nSPS) is 18.4. The first kappa shape index (κ1) is 18.3. The second-order valence-electron chi connectivity index (χ2n) is 6.29. The van der Waals surface area contributed by atoms with Gasteiger partial charge in [0.05, 0.1) is 11.4 Å². The summed E-state index contributed by atoms with van der Waals surface area (Å²) in [4.78, 5) is 4.36. The number of sulfone groups is 1. The van der Waals surface area contributed by atoms with Gasteiger partial charge >= 0.3 is 0 Å². The molecule has 0 amide bonds. The number of rotatable bonds is 2. The van der Waals surface area contributed by atoms with Crippen LogP contribution in [0.1, 0.15) is 16.4 Å². The molecule has 6 nitrogen and oxygen atoms in total. The van der Waals surface area contributed by atoms with E-state index in [1.54, 1.807) is 48.3 Å². The molecule has 9 heteroatoms. The summed E-state index contributed by atoms with van der Waals surface area (Å²) in [6, 6.07) is 10.3. The fourth-order valence-electron chi connectivity index (χ4n) is 3.36. The van der Waals surface area contributed by atoms with Gasteiger partial charge in [0.15, 0.2) is 9.84 Å². The van der Waals surface area contributed by atoms with Gasteiger partial charge in [0.1, 0.15) is 16.8 Å². The zero-order chi connectivity index (χ0) is 19.2. The number of nitrogens with one attached hydrogen (secondary N) is 1. The molecular weight excluding hydrogens is 407 g/mol. The highest BCUT2D eigenvalue weighted by molar-refractivity contribution is 7.91. The molecule has 0 fully saturated rings. The first-order valence-electron chi connectivity index (χ1n) is 8.27. The number of aryl methyl sites for hydroxylation is 1. The van der Waals surface area contributed by atoms with Crippen molar-refractivity contribution in [1.82, 2.24) is 14.8 Å². The summed E-state index contributed by atoms with van der Waals surface area (Å²) >= 11 is 12.4. The predicted molar refractivity (Wildman–Crippen MR) is 107 cm³/mol. The Balaban J connectivity index is 2.04. The summed E-state index contributed by atoms with van der Waals surface area (Å²) < 4.78 is 28.1. The molecule has 3 heterocycles. The highest BCUT2D eigenvalue weighted by Gasteiger charge is 2.39. The van der Waals surface area contributed by atoms with Gasteiger partial charge < -0.3 is 5.32 Å². The van der Waals surface area contributed by atoms with Crippen molar-refractivity contribution in [3.05, 3.63) is 63.8 Å². The molecule has 0 aliphatic carbocycles. The van der Waals surface area contributed by atoms with Crippen LogP contribution in [0, 0.1) is 0 Å². The van der Waals surface area contributed by atoms with Crippen LogP contribution in [0.15, 0.2) is 42.6 Å². The number of halogens is 2. The largest absolute Gasteiger partial charge is 0.369 e.